The Morgan fingerprint density at radius 1 is 1.08 bits per heavy atom. The van der Waals surface area contributed by atoms with Gasteiger partial charge in [-0.1, -0.05) is 60.7 Å². The van der Waals surface area contributed by atoms with E-state index in [-0.39, 0.29) is 24.9 Å². The summed E-state index contributed by atoms with van der Waals surface area (Å²) in [7, 11) is 0. The van der Waals surface area contributed by atoms with Crippen molar-refractivity contribution in [1.82, 2.24) is 30.2 Å². The van der Waals surface area contributed by atoms with Gasteiger partial charge in [-0.15, -0.1) is 5.10 Å². The van der Waals surface area contributed by atoms with E-state index in [1.807, 2.05) is 49.4 Å². The molecule has 3 atom stereocenters. The summed E-state index contributed by atoms with van der Waals surface area (Å²) in [5.41, 5.74) is 2.71. The first-order valence-electron chi connectivity index (χ1n) is 13.1. The van der Waals surface area contributed by atoms with Gasteiger partial charge in [0.2, 0.25) is 17.8 Å². The first-order chi connectivity index (χ1) is 18.8. The average Bonchev–Trinajstić information content (AvgIpc) is 3.36. The number of hydrogen-bond acceptors (Lipinski definition) is 5. The SMILES string of the molecule is CC1(c2ccc([C@@H](NC(=O)[C@@H]3C[C@@H](F)CN3C(=O)Cn3nnc4ccccc43)c3ccccc3)nc2F)CC1. The summed E-state index contributed by atoms with van der Waals surface area (Å²) in [6, 6.07) is 18.0. The molecule has 3 heterocycles. The zero-order chi connectivity index (χ0) is 27.1. The predicted molar refractivity (Wildman–Crippen MR) is 140 cm³/mol. The van der Waals surface area contributed by atoms with Crippen molar-refractivity contribution in [3.8, 4) is 0 Å². The molecule has 2 fully saturated rings. The van der Waals surface area contributed by atoms with Crippen molar-refractivity contribution in [1.29, 1.82) is 0 Å². The summed E-state index contributed by atoms with van der Waals surface area (Å²) < 4.78 is 31.1. The molecular weight excluding hydrogens is 502 g/mol. The lowest BCUT2D eigenvalue weighted by Crippen LogP contribution is -2.48. The highest BCUT2D eigenvalue weighted by molar-refractivity contribution is 5.89. The Kier molecular flexibility index (Phi) is 6.32. The van der Waals surface area contributed by atoms with Crippen LogP contribution in [0.3, 0.4) is 0 Å². The van der Waals surface area contributed by atoms with Gasteiger partial charge in [-0.2, -0.15) is 4.39 Å². The van der Waals surface area contributed by atoms with Gasteiger partial charge in [-0.25, -0.2) is 14.1 Å². The molecule has 200 valence electrons. The topological polar surface area (TPSA) is 93.0 Å². The van der Waals surface area contributed by atoms with Gasteiger partial charge in [-0.05, 0) is 42.0 Å². The highest BCUT2D eigenvalue weighted by Gasteiger charge is 2.43. The summed E-state index contributed by atoms with van der Waals surface area (Å²) in [5, 5.41) is 11.0. The fourth-order valence-electron chi connectivity index (χ4n) is 5.29. The lowest BCUT2D eigenvalue weighted by atomic mass is 9.97. The highest BCUT2D eigenvalue weighted by Crippen LogP contribution is 2.48. The number of benzene rings is 2. The standard InChI is InChI=1S/C29H28F2N6O2/c1-29(13-14-29)20-11-12-22(32-27(20)31)26(18-7-3-2-4-8-18)33-28(39)24-15-19(30)16-36(24)25(38)17-37-23-10-6-5-9-21(23)34-35-37/h2-12,19,24,26H,13-17H2,1H3,(H,33,39)/t19-,24+,26+/m1/s1. The summed E-state index contributed by atoms with van der Waals surface area (Å²) in [5.74, 6) is -1.51. The number of carbonyl (C=O) groups excluding carboxylic acids is 2. The van der Waals surface area contributed by atoms with E-state index >= 15 is 4.39 Å². The molecule has 1 saturated carbocycles. The number of para-hydroxylation sites is 1. The van der Waals surface area contributed by atoms with Gasteiger partial charge in [-0.3, -0.25) is 9.59 Å². The molecule has 2 aromatic heterocycles. The van der Waals surface area contributed by atoms with E-state index in [4.69, 9.17) is 0 Å². The molecular formula is C29H28F2N6O2. The number of hydrogen-bond donors (Lipinski definition) is 1. The Bertz CT molecular complexity index is 1540. The normalized spacial score (nSPS) is 20.6. The van der Waals surface area contributed by atoms with Crippen molar-refractivity contribution in [2.75, 3.05) is 6.54 Å². The molecule has 1 aliphatic carbocycles. The molecule has 0 spiro atoms. The number of nitrogens with zero attached hydrogens (tertiary/aromatic N) is 5. The van der Waals surface area contributed by atoms with Crippen LogP contribution in [0.15, 0.2) is 66.7 Å². The minimum Gasteiger partial charge on any atom is -0.342 e. The fourth-order valence-corrected chi connectivity index (χ4v) is 5.29. The van der Waals surface area contributed by atoms with E-state index < -0.39 is 36.0 Å². The van der Waals surface area contributed by atoms with Crippen LogP contribution in [0.25, 0.3) is 11.0 Å². The van der Waals surface area contributed by atoms with Crippen molar-refractivity contribution in [2.45, 2.75) is 56.4 Å². The van der Waals surface area contributed by atoms with Crippen LogP contribution in [0.2, 0.25) is 0 Å². The second-order valence-electron chi connectivity index (χ2n) is 10.6. The Labute approximate surface area is 224 Å². The number of carbonyl (C=O) groups is 2. The van der Waals surface area contributed by atoms with Crippen LogP contribution >= 0.6 is 0 Å². The first kappa shape index (κ1) is 25.1. The number of nitrogens with one attached hydrogen (secondary N) is 1. The molecule has 39 heavy (non-hydrogen) atoms. The number of halogens is 2. The average molecular weight is 531 g/mol. The lowest BCUT2D eigenvalue weighted by molar-refractivity contribution is -0.139. The zero-order valence-electron chi connectivity index (χ0n) is 21.4. The lowest BCUT2D eigenvalue weighted by Gasteiger charge is -2.27. The van der Waals surface area contributed by atoms with E-state index in [0.717, 1.165) is 12.8 Å². The molecule has 10 heteroatoms. The molecule has 0 radical (unpaired) electrons. The van der Waals surface area contributed by atoms with Gasteiger partial charge in [0.05, 0.1) is 23.8 Å². The van der Waals surface area contributed by atoms with E-state index in [0.29, 0.717) is 27.9 Å². The van der Waals surface area contributed by atoms with E-state index in [2.05, 4.69) is 20.6 Å². The number of amides is 2. The Morgan fingerprint density at radius 2 is 1.82 bits per heavy atom. The Balaban J connectivity index is 1.25. The van der Waals surface area contributed by atoms with Gasteiger partial charge in [0.1, 0.15) is 24.3 Å². The molecule has 6 rings (SSSR count). The van der Waals surface area contributed by atoms with Gasteiger partial charge in [0, 0.05) is 12.0 Å². The Hall–Kier alpha value is -4.21. The van der Waals surface area contributed by atoms with Crippen LogP contribution in [-0.4, -0.2) is 55.5 Å². The predicted octanol–water partition coefficient (Wildman–Crippen LogP) is 3.86. The quantitative estimate of drug-likeness (QED) is 0.367. The van der Waals surface area contributed by atoms with Gasteiger partial charge in [0.15, 0.2) is 0 Å². The summed E-state index contributed by atoms with van der Waals surface area (Å²) in [6.07, 6.45) is 0.339. The number of fused-ring (bicyclic) bond motifs is 1. The summed E-state index contributed by atoms with van der Waals surface area (Å²) >= 11 is 0. The van der Waals surface area contributed by atoms with Gasteiger partial charge >= 0.3 is 0 Å². The molecule has 4 aromatic rings. The maximum absolute atomic E-state index is 15.1. The highest BCUT2D eigenvalue weighted by atomic mass is 19.1. The maximum Gasteiger partial charge on any atom is 0.245 e. The number of likely N-dealkylation sites (tertiary alicyclic amines) is 1. The Morgan fingerprint density at radius 3 is 2.56 bits per heavy atom. The maximum atomic E-state index is 15.1. The third kappa shape index (κ3) is 4.86. The van der Waals surface area contributed by atoms with Crippen molar-refractivity contribution >= 4 is 22.8 Å². The fraction of sp³-hybridized carbons (Fsp3) is 0.345. The minimum absolute atomic E-state index is 0.129. The zero-order valence-corrected chi connectivity index (χ0v) is 21.4. The van der Waals surface area contributed by atoms with E-state index in [9.17, 15) is 14.0 Å². The van der Waals surface area contributed by atoms with Crippen LogP contribution in [0.1, 0.15) is 49.0 Å². The number of aromatic nitrogens is 4. The van der Waals surface area contributed by atoms with Crippen LogP contribution < -0.4 is 5.32 Å². The molecule has 2 amide bonds. The van der Waals surface area contributed by atoms with Crippen LogP contribution in [0, 0.1) is 5.95 Å². The van der Waals surface area contributed by atoms with E-state index in [1.54, 1.807) is 24.3 Å². The minimum atomic E-state index is -1.35. The molecule has 1 N–H and O–H groups in total. The van der Waals surface area contributed by atoms with Crippen molar-refractivity contribution in [2.24, 2.45) is 0 Å². The molecule has 2 aliphatic rings. The smallest absolute Gasteiger partial charge is 0.245 e. The van der Waals surface area contributed by atoms with Crippen molar-refractivity contribution in [3.63, 3.8) is 0 Å². The first-order valence-corrected chi connectivity index (χ1v) is 13.1. The van der Waals surface area contributed by atoms with Crippen LogP contribution in [-0.2, 0) is 21.5 Å². The van der Waals surface area contributed by atoms with Gasteiger partial charge in [0.25, 0.3) is 0 Å². The molecule has 1 saturated heterocycles. The third-order valence-electron chi connectivity index (χ3n) is 7.81. The second-order valence-corrected chi connectivity index (χ2v) is 10.6. The van der Waals surface area contributed by atoms with E-state index in [1.165, 1.54) is 9.58 Å². The van der Waals surface area contributed by atoms with Gasteiger partial charge < -0.3 is 10.2 Å². The molecule has 0 bridgehead atoms. The number of rotatable bonds is 7. The summed E-state index contributed by atoms with van der Waals surface area (Å²) in [4.78, 5) is 32.3. The summed E-state index contributed by atoms with van der Waals surface area (Å²) in [6.45, 7) is 1.64. The third-order valence-corrected chi connectivity index (χ3v) is 7.81. The van der Waals surface area contributed by atoms with Crippen molar-refractivity contribution in [3.05, 3.63) is 89.5 Å². The molecule has 0 unspecified atom stereocenters. The van der Waals surface area contributed by atoms with Crippen LogP contribution in [0.5, 0.6) is 0 Å². The second kappa shape index (κ2) is 9.83. The molecule has 1 aliphatic heterocycles. The number of pyridine rings is 1. The molecule has 2 aromatic carbocycles. The monoisotopic (exact) mass is 530 g/mol. The molecule has 8 nitrogen and oxygen atoms in total. The van der Waals surface area contributed by atoms with Crippen LogP contribution in [0.4, 0.5) is 8.78 Å². The van der Waals surface area contributed by atoms with Crippen molar-refractivity contribution < 1.29 is 18.4 Å². The largest absolute Gasteiger partial charge is 0.342 e. The number of alkyl halides is 1.